The van der Waals surface area contributed by atoms with Crippen molar-refractivity contribution in [1.29, 1.82) is 0 Å². The van der Waals surface area contributed by atoms with Crippen LogP contribution in [-0.4, -0.2) is 9.97 Å². The van der Waals surface area contributed by atoms with Crippen molar-refractivity contribution in [1.82, 2.24) is 9.97 Å². The Bertz CT molecular complexity index is 2820. The molecule has 2 nitrogen and oxygen atoms in total. The summed E-state index contributed by atoms with van der Waals surface area (Å²) >= 11 is 0. The first-order chi connectivity index (χ1) is 25.3. The lowest BCUT2D eigenvalue weighted by Crippen LogP contribution is -2.26. The van der Waals surface area contributed by atoms with Crippen LogP contribution in [0.3, 0.4) is 0 Å². The zero-order chi connectivity index (χ0) is 33.5. The van der Waals surface area contributed by atoms with Crippen LogP contribution in [0.15, 0.2) is 182 Å². The molecule has 0 bridgehead atoms. The Morgan fingerprint density at radius 3 is 1.75 bits per heavy atom. The SMILES string of the molecule is c1ccc(-c2cccc(-c3cccc(-c4ccc5c6c(ccc5c4)-c4ccc5ccccc5c4C64c5ccccc5-c5ccccc54)c3)n2)nc1. The van der Waals surface area contributed by atoms with E-state index >= 15 is 0 Å². The number of pyridine rings is 2. The molecule has 0 amide bonds. The second-order valence-electron chi connectivity index (χ2n) is 13.7. The maximum absolute atomic E-state index is 4.99. The van der Waals surface area contributed by atoms with Crippen molar-refractivity contribution in [2.45, 2.75) is 5.41 Å². The topological polar surface area (TPSA) is 25.8 Å². The highest BCUT2D eigenvalue weighted by Gasteiger charge is 2.53. The van der Waals surface area contributed by atoms with E-state index in [9.17, 15) is 0 Å². The molecule has 0 unspecified atom stereocenters. The van der Waals surface area contributed by atoms with Crippen molar-refractivity contribution in [2.24, 2.45) is 0 Å². The third-order valence-electron chi connectivity index (χ3n) is 11.1. The van der Waals surface area contributed by atoms with Crippen LogP contribution in [0.25, 0.3) is 77.6 Å². The fourth-order valence-electron chi connectivity index (χ4n) is 9.05. The van der Waals surface area contributed by atoms with Crippen LogP contribution in [0, 0.1) is 0 Å². The molecular formula is C49H30N2. The third kappa shape index (κ3) is 3.93. The van der Waals surface area contributed by atoms with Gasteiger partial charge in [-0.25, -0.2) is 4.98 Å². The van der Waals surface area contributed by atoms with E-state index in [0.29, 0.717) is 0 Å². The van der Waals surface area contributed by atoms with Crippen LogP contribution < -0.4 is 0 Å². The van der Waals surface area contributed by atoms with Crippen molar-refractivity contribution < 1.29 is 0 Å². The van der Waals surface area contributed by atoms with Gasteiger partial charge in [-0.3, -0.25) is 4.98 Å². The van der Waals surface area contributed by atoms with Gasteiger partial charge in [-0.15, -0.1) is 0 Å². The summed E-state index contributed by atoms with van der Waals surface area (Å²) in [5, 5.41) is 5.13. The van der Waals surface area contributed by atoms with Crippen LogP contribution in [0.4, 0.5) is 0 Å². The van der Waals surface area contributed by atoms with E-state index < -0.39 is 5.41 Å². The average Bonchev–Trinajstić information content (AvgIpc) is 3.69. The molecule has 2 heterocycles. The Morgan fingerprint density at radius 2 is 0.961 bits per heavy atom. The molecule has 1 spiro atoms. The number of benzene rings is 7. The minimum absolute atomic E-state index is 0.427. The highest BCUT2D eigenvalue weighted by atomic mass is 14.8. The summed E-state index contributed by atoms with van der Waals surface area (Å²) in [6.45, 7) is 0. The predicted molar refractivity (Wildman–Crippen MR) is 210 cm³/mol. The molecule has 0 fully saturated rings. The maximum Gasteiger partial charge on any atom is 0.0893 e. The van der Waals surface area contributed by atoms with Crippen LogP contribution in [0.2, 0.25) is 0 Å². The van der Waals surface area contributed by atoms with Gasteiger partial charge in [-0.2, -0.15) is 0 Å². The highest BCUT2D eigenvalue weighted by molar-refractivity contribution is 6.09. The Hall–Kier alpha value is -6.64. The predicted octanol–water partition coefficient (Wildman–Crippen LogP) is 12.1. The summed E-state index contributed by atoms with van der Waals surface area (Å²) in [5.41, 5.74) is 16.5. The molecule has 2 heteroatoms. The zero-order valence-corrected chi connectivity index (χ0v) is 27.7. The van der Waals surface area contributed by atoms with Crippen molar-refractivity contribution >= 4 is 21.5 Å². The van der Waals surface area contributed by atoms with E-state index in [4.69, 9.17) is 4.98 Å². The summed E-state index contributed by atoms with van der Waals surface area (Å²) in [5.74, 6) is 0. The molecule has 7 aromatic carbocycles. The number of hydrogen-bond donors (Lipinski definition) is 0. The molecule has 51 heavy (non-hydrogen) atoms. The standard InChI is InChI=1S/C49H30N2/c1-2-14-36-31(11-1)22-26-40-41-27-24-34-29-33(32-12-9-13-35(30-32)44-20-10-21-46(51-44)45-19-7-8-28-50-45)23-25-37(34)48(41)49(47(36)40)42-17-5-3-15-38(42)39-16-4-6-18-43(39)49/h1-30H. The number of nitrogens with zero attached hydrogens (tertiary/aromatic N) is 2. The van der Waals surface area contributed by atoms with Gasteiger partial charge < -0.3 is 0 Å². The lowest BCUT2D eigenvalue weighted by Gasteiger charge is -2.32. The second kappa shape index (κ2) is 10.7. The Balaban J connectivity index is 1.12. The Morgan fingerprint density at radius 1 is 0.353 bits per heavy atom. The van der Waals surface area contributed by atoms with Crippen molar-refractivity contribution in [3.05, 3.63) is 204 Å². The molecule has 2 aliphatic carbocycles. The minimum atomic E-state index is -0.427. The summed E-state index contributed by atoms with van der Waals surface area (Å²) in [4.78, 5) is 9.51. The normalized spacial score (nSPS) is 13.3. The summed E-state index contributed by atoms with van der Waals surface area (Å²) < 4.78 is 0. The van der Waals surface area contributed by atoms with Gasteiger partial charge in [0.15, 0.2) is 0 Å². The average molecular weight is 647 g/mol. The van der Waals surface area contributed by atoms with Crippen LogP contribution in [0.5, 0.6) is 0 Å². The summed E-state index contributed by atoms with van der Waals surface area (Å²) in [7, 11) is 0. The molecule has 0 aliphatic heterocycles. The lowest BCUT2D eigenvalue weighted by molar-refractivity contribution is 0.809. The fourth-order valence-corrected chi connectivity index (χ4v) is 9.05. The van der Waals surface area contributed by atoms with E-state index in [1.165, 1.54) is 77.2 Å². The molecule has 9 aromatic rings. The molecule has 2 aliphatic rings. The first-order valence-electron chi connectivity index (χ1n) is 17.6. The van der Waals surface area contributed by atoms with E-state index in [2.05, 4.69) is 157 Å². The molecule has 0 radical (unpaired) electrons. The van der Waals surface area contributed by atoms with Crippen LogP contribution >= 0.6 is 0 Å². The zero-order valence-electron chi connectivity index (χ0n) is 27.7. The fraction of sp³-hybridized carbons (Fsp3) is 0.0204. The van der Waals surface area contributed by atoms with Gasteiger partial charge in [0.25, 0.3) is 0 Å². The first kappa shape index (κ1) is 28.2. The minimum Gasteiger partial charge on any atom is -0.255 e. The maximum atomic E-state index is 4.99. The van der Waals surface area contributed by atoms with Gasteiger partial charge in [0, 0.05) is 11.8 Å². The molecule has 0 atom stereocenters. The molecule has 0 N–H and O–H groups in total. The largest absolute Gasteiger partial charge is 0.255 e. The Kier molecular flexibility index (Phi) is 5.91. The third-order valence-corrected chi connectivity index (χ3v) is 11.1. The van der Waals surface area contributed by atoms with Gasteiger partial charge >= 0.3 is 0 Å². The van der Waals surface area contributed by atoms with E-state index in [1.54, 1.807) is 0 Å². The summed E-state index contributed by atoms with van der Waals surface area (Å²) in [6, 6.07) is 64.3. The van der Waals surface area contributed by atoms with Gasteiger partial charge in [0.2, 0.25) is 0 Å². The number of rotatable bonds is 3. The van der Waals surface area contributed by atoms with Gasteiger partial charge in [-0.1, -0.05) is 140 Å². The van der Waals surface area contributed by atoms with Crippen LogP contribution in [0.1, 0.15) is 22.3 Å². The van der Waals surface area contributed by atoms with Gasteiger partial charge in [0.05, 0.1) is 22.5 Å². The molecular weight excluding hydrogens is 617 g/mol. The van der Waals surface area contributed by atoms with Gasteiger partial charge in [0.1, 0.15) is 0 Å². The smallest absolute Gasteiger partial charge is 0.0893 e. The molecule has 0 saturated carbocycles. The quantitative estimate of drug-likeness (QED) is 0.191. The number of fused-ring (bicyclic) bond motifs is 14. The Labute approximate surface area is 296 Å². The van der Waals surface area contributed by atoms with Crippen molar-refractivity contribution in [3.8, 4) is 56.0 Å². The number of aromatic nitrogens is 2. The molecule has 2 aromatic heterocycles. The van der Waals surface area contributed by atoms with Gasteiger partial charge in [-0.05, 0) is 114 Å². The second-order valence-corrected chi connectivity index (χ2v) is 13.7. The first-order valence-corrected chi connectivity index (χ1v) is 17.6. The molecule has 11 rings (SSSR count). The lowest BCUT2D eigenvalue weighted by atomic mass is 9.68. The van der Waals surface area contributed by atoms with E-state index in [1.807, 2.05) is 30.5 Å². The highest BCUT2D eigenvalue weighted by Crippen LogP contribution is 2.65. The van der Waals surface area contributed by atoms with Crippen molar-refractivity contribution in [2.75, 3.05) is 0 Å². The monoisotopic (exact) mass is 646 g/mol. The summed E-state index contributed by atoms with van der Waals surface area (Å²) in [6.07, 6.45) is 1.81. The molecule has 0 saturated heterocycles. The van der Waals surface area contributed by atoms with E-state index in [-0.39, 0.29) is 0 Å². The van der Waals surface area contributed by atoms with E-state index in [0.717, 1.165) is 22.6 Å². The molecule has 236 valence electrons. The number of hydrogen-bond acceptors (Lipinski definition) is 2. The van der Waals surface area contributed by atoms with Crippen molar-refractivity contribution in [3.63, 3.8) is 0 Å². The van der Waals surface area contributed by atoms with Crippen LogP contribution in [-0.2, 0) is 5.41 Å².